The number of pyridine rings is 1. The quantitative estimate of drug-likeness (QED) is 0.885. The number of anilines is 1. The molecule has 0 spiro atoms. The zero-order chi connectivity index (χ0) is 13.1. The third-order valence-electron chi connectivity index (χ3n) is 3.29. The van der Waals surface area contributed by atoms with Gasteiger partial charge in [-0.05, 0) is 39.4 Å². The second kappa shape index (κ2) is 5.67. The molecule has 2 rings (SSSR count). The van der Waals surface area contributed by atoms with Gasteiger partial charge in [-0.25, -0.2) is 4.98 Å². The van der Waals surface area contributed by atoms with Crippen LogP contribution in [0.5, 0.6) is 0 Å². The van der Waals surface area contributed by atoms with Gasteiger partial charge in [0.05, 0.1) is 12.2 Å². The normalized spacial score (nSPS) is 24.3. The van der Waals surface area contributed by atoms with Crippen molar-refractivity contribution in [1.82, 2.24) is 10.3 Å². The lowest BCUT2D eigenvalue weighted by atomic mass is 10.2. The van der Waals surface area contributed by atoms with Gasteiger partial charge in [0.25, 0.3) is 0 Å². The second-order valence-electron chi connectivity index (χ2n) is 5.11. The molecule has 1 N–H and O–H groups in total. The van der Waals surface area contributed by atoms with Crippen molar-refractivity contribution in [3.63, 3.8) is 0 Å². The van der Waals surface area contributed by atoms with Crippen LogP contribution in [0, 0.1) is 6.92 Å². The fourth-order valence-electron chi connectivity index (χ4n) is 2.49. The SMILES string of the molecule is CNCc1ccc(N2CC(C)OC(C)C2)nc1C. The number of ether oxygens (including phenoxy) is 1. The Balaban J connectivity index is 2.15. The van der Waals surface area contributed by atoms with E-state index in [9.17, 15) is 0 Å². The molecule has 0 bridgehead atoms. The lowest BCUT2D eigenvalue weighted by molar-refractivity contribution is -0.00546. The highest BCUT2D eigenvalue weighted by Crippen LogP contribution is 2.20. The molecule has 0 radical (unpaired) electrons. The highest BCUT2D eigenvalue weighted by atomic mass is 16.5. The van der Waals surface area contributed by atoms with Crippen molar-refractivity contribution < 1.29 is 4.74 Å². The Morgan fingerprint density at radius 3 is 2.56 bits per heavy atom. The molecule has 0 aromatic carbocycles. The van der Waals surface area contributed by atoms with E-state index >= 15 is 0 Å². The molecule has 4 nitrogen and oxygen atoms in total. The van der Waals surface area contributed by atoms with Gasteiger partial charge in [-0.15, -0.1) is 0 Å². The molecule has 4 heteroatoms. The largest absolute Gasteiger partial charge is 0.372 e. The van der Waals surface area contributed by atoms with E-state index in [-0.39, 0.29) is 12.2 Å². The lowest BCUT2D eigenvalue weighted by Crippen LogP contribution is -2.45. The Morgan fingerprint density at radius 2 is 2.00 bits per heavy atom. The van der Waals surface area contributed by atoms with E-state index in [4.69, 9.17) is 9.72 Å². The molecule has 0 amide bonds. The molecule has 100 valence electrons. The topological polar surface area (TPSA) is 37.4 Å². The van der Waals surface area contributed by atoms with E-state index in [0.717, 1.165) is 31.1 Å². The van der Waals surface area contributed by atoms with Crippen LogP contribution in [0.25, 0.3) is 0 Å². The zero-order valence-electron chi connectivity index (χ0n) is 11.7. The first-order chi connectivity index (χ1) is 8.60. The zero-order valence-corrected chi connectivity index (χ0v) is 11.7. The van der Waals surface area contributed by atoms with E-state index < -0.39 is 0 Å². The van der Waals surface area contributed by atoms with Crippen LogP contribution in [0.1, 0.15) is 25.1 Å². The molecule has 1 aliphatic rings. The number of hydrogen-bond donors (Lipinski definition) is 1. The summed E-state index contributed by atoms with van der Waals surface area (Å²) in [5.41, 5.74) is 2.37. The van der Waals surface area contributed by atoms with Crippen molar-refractivity contribution in [2.75, 3.05) is 25.0 Å². The maximum Gasteiger partial charge on any atom is 0.128 e. The minimum atomic E-state index is 0.271. The van der Waals surface area contributed by atoms with Crippen molar-refractivity contribution in [1.29, 1.82) is 0 Å². The van der Waals surface area contributed by atoms with Crippen molar-refractivity contribution >= 4 is 5.82 Å². The van der Waals surface area contributed by atoms with Crippen LogP contribution >= 0.6 is 0 Å². The standard InChI is InChI=1S/C14H23N3O/c1-10-8-17(9-11(2)18-10)14-6-5-13(7-15-4)12(3)16-14/h5-6,10-11,15H,7-9H2,1-4H3. The average Bonchev–Trinajstić information content (AvgIpc) is 2.30. The van der Waals surface area contributed by atoms with Gasteiger partial charge in [-0.1, -0.05) is 6.07 Å². The Labute approximate surface area is 109 Å². The fraction of sp³-hybridized carbons (Fsp3) is 0.643. The molecule has 1 aromatic heterocycles. The van der Waals surface area contributed by atoms with Crippen LogP contribution in [-0.4, -0.2) is 37.3 Å². The minimum Gasteiger partial charge on any atom is -0.372 e. The van der Waals surface area contributed by atoms with Crippen molar-refractivity contribution in [2.24, 2.45) is 0 Å². The number of aryl methyl sites for hydroxylation is 1. The average molecular weight is 249 g/mol. The van der Waals surface area contributed by atoms with E-state index in [1.807, 2.05) is 7.05 Å². The maximum atomic E-state index is 5.75. The third kappa shape index (κ3) is 3.00. The summed E-state index contributed by atoms with van der Waals surface area (Å²) >= 11 is 0. The Bertz CT molecular complexity index is 398. The molecule has 1 aliphatic heterocycles. The van der Waals surface area contributed by atoms with E-state index in [1.54, 1.807) is 0 Å². The highest BCUT2D eigenvalue weighted by molar-refractivity contribution is 5.42. The number of nitrogens with zero attached hydrogens (tertiary/aromatic N) is 2. The number of nitrogens with one attached hydrogen (secondary N) is 1. The number of morpholine rings is 1. The summed E-state index contributed by atoms with van der Waals surface area (Å²) in [5, 5.41) is 3.16. The van der Waals surface area contributed by atoms with Gasteiger partial charge in [-0.3, -0.25) is 0 Å². The summed E-state index contributed by atoms with van der Waals surface area (Å²) in [4.78, 5) is 7.03. The van der Waals surface area contributed by atoms with Crippen LogP contribution in [0.3, 0.4) is 0 Å². The van der Waals surface area contributed by atoms with E-state index in [1.165, 1.54) is 5.56 Å². The first kappa shape index (κ1) is 13.3. The Morgan fingerprint density at radius 1 is 1.33 bits per heavy atom. The Kier molecular flexibility index (Phi) is 4.19. The fourth-order valence-corrected chi connectivity index (χ4v) is 2.49. The Hall–Kier alpha value is -1.13. The summed E-state index contributed by atoms with van der Waals surface area (Å²) in [6, 6.07) is 4.28. The molecular formula is C14H23N3O. The predicted octanol–water partition coefficient (Wildman–Crippen LogP) is 1.72. The van der Waals surface area contributed by atoms with Gasteiger partial charge in [0.2, 0.25) is 0 Å². The van der Waals surface area contributed by atoms with Crippen LogP contribution in [0.2, 0.25) is 0 Å². The van der Waals surface area contributed by atoms with Crippen molar-refractivity contribution in [3.05, 3.63) is 23.4 Å². The molecule has 0 aliphatic carbocycles. The lowest BCUT2D eigenvalue weighted by Gasteiger charge is -2.36. The molecular weight excluding hydrogens is 226 g/mol. The molecule has 2 heterocycles. The summed E-state index contributed by atoms with van der Waals surface area (Å²) < 4.78 is 5.75. The number of aromatic nitrogens is 1. The monoisotopic (exact) mass is 249 g/mol. The smallest absolute Gasteiger partial charge is 0.128 e. The molecule has 1 saturated heterocycles. The molecule has 0 saturated carbocycles. The second-order valence-corrected chi connectivity index (χ2v) is 5.11. The van der Waals surface area contributed by atoms with Crippen LogP contribution in [0.4, 0.5) is 5.82 Å². The minimum absolute atomic E-state index is 0.271. The molecule has 1 aromatic rings. The van der Waals surface area contributed by atoms with Gasteiger partial charge in [-0.2, -0.15) is 0 Å². The first-order valence-corrected chi connectivity index (χ1v) is 6.61. The summed E-state index contributed by atoms with van der Waals surface area (Å²) in [7, 11) is 1.96. The van der Waals surface area contributed by atoms with E-state index in [0.29, 0.717) is 0 Å². The summed E-state index contributed by atoms with van der Waals surface area (Å²) in [6.07, 6.45) is 0.542. The van der Waals surface area contributed by atoms with Gasteiger partial charge < -0.3 is 15.0 Å². The third-order valence-corrected chi connectivity index (χ3v) is 3.29. The van der Waals surface area contributed by atoms with Crippen LogP contribution in [-0.2, 0) is 11.3 Å². The van der Waals surface area contributed by atoms with Gasteiger partial charge in [0, 0.05) is 25.3 Å². The highest BCUT2D eigenvalue weighted by Gasteiger charge is 2.23. The van der Waals surface area contributed by atoms with Crippen LogP contribution < -0.4 is 10.2 Å². The van der Waals surface area contributed by atoms with Gasteiger partial charge in [0.15, 0.2) is 0 Å². The molecule has 18 heavy (non-hydrogen) atoms. The number of rotatable bonds is 3. The molecule has 2 unspecified atom stereocenters. The first-order valence-electron chi connectivity index (χ1n) is 6.61. The summed E-state index contributed by atoms with van der Waals surface area (Å²) in [5.74, 6) is 1.06. The number of hydrogen-bond acceptors (Lipinski definition) is 4. The van der Waals surface area contributed by atoms with Crippen molar-refractivity contribution in [2.45, 2.75) is 39.5 Å². The van der Waals surface area contributed by atoms with Crippen LogP contribution in [0.15, 0.2) is 12.1 Å². The van der Waals surface area contributed by atoms with Gasteiger partial charge >= 0.3 is 0 Å². The predicted molar refractivity (Wildman–Crippen MR) is 74.0 cm³/mol. The molecule has 2 atom stereocenters. The maximum absolute atomic E-state index is 5.75. The van der Waals surface area contributed by atoms with E-state index in [2.05, 4.69) is 43.1 Å². The van der Waals surface area contributed by atoms with Gasteiger partial charge in [0.1, 0.15) is 5.82 Å². The summed E-state index contributed by atoms with van der Waals surface area (Å²) in [6.45, 7) is 9.01. The molecule has 1 fully saturated rings. The van der Waals surface area contributed by atoms with Crippen molar-refractivity contribution in [3.8, 4) is 0 Å².